The molecule has 2 amide bonds. The van der Waals surface area contributed by atoms with E-state index in [1.54, 1.807) is 12.1 Å². The first-order chi connectivity index (χ1) is 14.1. The Balaban J connectivity index is 1.41. The van der Waals surface area contributed by atoms with Crippen LogP contribution in [0.5, 0.6) is 0 Å². The largest absolute Gasteiger partial charge is 0.325 e. The van der Waals surface area contributed by atoms with Crippen LogP contribution >= 0.6 is 0 Å². The molecule has 1 aromatic heterocycles. The van der Waals surface area contributed by atoms with Crippen molar-refractivity contribution in [1.82, 2.24) is 10.2 Å². The quantitative estimate of drug-likeness (QED) is 0.668. The summed E-state index contributed by atoms with van der Waals surface area (Å²) < 4.78 is 13.4. The van der Waals surface area contributed by atoms with Gasteiger partial charge in [-0.15, -0.1) is 0 Å². The van der Waals surface area contributed by atoms with Gasteiger partial charge in [-0.2, -0.15) is 5.10 Å². The van der Waals surface area contributed by atoms with Crippen LogP contribution in [-0.2, 0) is 17.6 Å². The van der Waals surface area contributed by atoms with Crippen LogP contribution < -0.4 is 5.32 Å². The highest BCUT2D eigenvalue weighted by molar-refractivity contribution is 6.06. The summed E-state index contributed by atoms with van der Waals surface area (Å²) in [5, 5.41) is 9.58. The Morgan fingerprint density at radius 3 is 2.86 bits per heavy atom. The van der Waals surface area contributed by atoms with Gasteiger partial charge in [0.2, 0.25) is 5.91 Å². The summed E-state index contributed by atoms with van der Waals surface area (Å²) in [6, 6.07) is 15.8. The van der Waals surface area contributed by atoms with E-state index in [1.165, 1.54) is 18.3 Å². The number of hydrogen-bond donors (Lipinski definition) is 2. The van der Waals surface area contributed by atoms with Crippen molar-refractivity contribution in [3.8, 4) is 0 Å². The SMILES string of the molecule is O=C(N=CC1CCc2ccc(F)cc2NC1=O)c1cc(Cc2ccccc2)[nH]n1. The molecular weight excluding hydrogens is 371 g/mol. The van der Waals surface area contributed by atoms with Crippen LogP contribution in [0.4, 0.5) is 10.1 Å². The second-order valence-corrected chi connectivity index (χ2v) is 6.96. The van der Waals surface area contributed by atoms with E-state index in [0.29, 0.717) is 24.9 Å². The van der Waals surface area contributed by atoms with Crippen molar-refractivity contribution in [2.24, 2.45) is 10.9 Å². The minimum Gasteiger partial charge on any atom is -0.325 e. The van der Waals surface area contributed by atoms with Crippen molar-refractivity contribution >= 4 is 23.7 Å². The van der Waals surface area contributed by atoms with Crippen molar-refractivity contribution in [3.05, 3.63) is 82.9 Å². The lowest BCUT2D eigenvalue weighted by Crippen LogP contribution is -2.22. The maximum absolute atomic E-state index is 13.4. The number of hydrogen-bond acceptors (Lipinski definition) is 3. The molecule has 0 saturated carbocycles. The molecule has 29 heavy (non-hydrogen) atoms. The molecule has 1 aliphatic heterocycles. The molecule has 2 heterocycles. The molecule has 6 nitrogen and oxygen atoms in total. The molecule has 3 aromatic rings. The molecule has 2 aromatic carbocycles. The number of nitrogens with zero attached hydrogens (tertiary/aromatic N) is 2. The van der Waals surface area contributed by atoms with E-state index in [4.69, 9.17) is 0 Å². The summed E-state index contributed by atoms with van der Waals surface area (Å²) in [5.41, 5.74) is 3.44. The van der Waals surface area contributed by atoms with Crippen molar-refractivity contribution in [3.63, 3.8) is 0 Å². The van der Waals surface area contributed by atoms with Crippen LogP contribution in [0.3, 0.4) is 0 Å². The summed E-state index contributed by atoms with van der Waals surface area (Å²) >= 11 is 0. The minimum absolute atomic E-state index is 0.201. The molecule has 1 unspecified atom stereocenters. The zero-order chi connectivity index (χ0) is 20.2. The number of aryl methyl sites for hydroxylation is 1. The van der Waals surface area contributed by atoms with Gasteiger partial charge in [-0.25, -0.2) is 9.38 Å². The fourth-order valence-electron chi connectivity index (χ4n) is 3.29. The molecule has 7 heteroatoms. The number of benzene rings is 2. The predicted molar refractivity (Wildman–Crippen MR) is 107 cm³/mol. The topological polar surface area (TPSA) is 87.2 Å². The number of fused-ring (bicyclic) bond motifs is 1. The van der Waals surface area contributed by atoms with Gasteiger partial charge in [0.15, 0.2) is 5.69 Å². The number of halogens is 1. The van der Waals surface area contributed by atoms with Gasteiger partial charge in [0, 0.05) is 24.0 Å². The van der Waals surface area contributed by atoms with Crippen LogP contribution in [-0.4, -0.2) is 28.2 Å². The molecular formula is C22H19FN4O2. The van der Waals surface area contributed by atoms with Crippen LogP contribution in [0.15, 0.2) is 59.6 Å². The molecule has 1 aliphatic rings. The van der Waals surface area contributed by atoms with Crippen molar-refractivity contribution in [2.75, 3.05) is 5.32 Å². The second-order valence-electron chi connectivity index (χ2n) is 6.96. The van der Waals surface area contributed by atoms with Crippen LogP contribution in [0, 0.1) is 11.7 Å². The normalized spacial score (nSPS) is 16.3. The monoisotopic (exact) mass is 390 g/mol. The Hall–Kier alpha value is -3.61. The molecule has 2 N–H and O–H groups in total. The van der Waals surface area contributed by atoms with E-state index in [0.717, 1.165) is 16.8 Å². The Labute approximate surface area is 166 Å². The smallest absolute Gasteiger partial charge is 0.297 e. The summed E-state index contributed by atoms with van der Waals surface area (Å²) in [6.07, 6.45) is 3.06. The number of aromatic nitrogens is 2. The first-order valence-corrected chi connectivity index (χ1v) is 9.34. The summed E-state index contributed by atoms with van der Waals surface area (Å²) in [6.45, 7) is 0. The average molecular weight is 390 g/mol. The lowest BCUT2D eigenvalue weighted by Gasteiger charge is -2.07. The number of aliphatic imine (C=N–C) groups is 1. The molecule has 1 atom stereocenters. The lowest BCUT2D eigenvalue weighted by atomic mass is 10.0. The Bertz CT molecular complexity index is 1080. The van der Waals surface area contributed by atoms with Gasteiger partial charge < -0.3 is 5.32 Å². The third-order valence-corrected chi connectivity index (χ3v) is 4.85. The number of carbonyl (C=O) groups excluding carboxylic acids is 2. The number of carbonyl (C=O) groups is 2. The second kappa shape index (κ2) is 8.18. The molecule has 146 valence electrons. The van der Waals surface area contributed by atoms with Gasteiger partial charge in [0.05, 0.1) is 5.92 Å². The first kappa shape index (κ1) is 18.7. The number of aromatic amines is 1. The number of rotatable bonds is 4. The Morgan fingerprint density at radius 2 is 2.03 bits per heavy atom. The number of H-pyrrole nitrogens is 1. The molecule has 0 radical (unpaired) electrons. The Morgan fingerprint density at radius 1 is 1.21 bits per heavy atom. The van der Waals surface area contributed by atoms with Gasteiger partial charge in [-0.3, -0.25) is 14.7 Å². The molecule has 0 bridgehead atoms. The molecule has 4 rings (SSSR count). The van der Waals surface area contributed by atoms with E-state index in [1.807, 2.05) is 30.3 Å². The number of nitrogens with one attached hydrogen (secondary N) is 2. The number of amides is 2. The van der Waals surface area contributed by atoms with E-state index < -0.39 is 17.6 Å². The fourth-order valence-corrected chi connectivity index (χ4v) is 3.29. The maximum Gasteiger partial charge on any atom is 0.297 e. The zero-order valence-corrected chi connectivity index (χ0v) is 15.6. The zero-order valence-electron chi connectivity index (χ0n) is 15.6. The highest BCUT2D eigenvalue weighted by atomic mass is 19.1. The molecule has 0 saturated heterocycles. The van der Waals surface area contributed by atoms with Crippen LogP contribution in [0.1, 0.15) is 33.7 Å². The van der Waals surface area contributed by atoms with Crippen molar-refractivity contribution < 1.29 is 14.0 Å². The van der Waals surface area contributed by atoms with Gasteiger partial charge in [-0.05, 0) is 42.2 Å². The van der Waals surface area contributed by atoms with Crippen LogP contribution in [0.25, 0.3) is 0 Å². The van der Waals surface area contributed by atoms with E-state index in [-0.39, 0.29) is 11.6 Å². The highest BCUT2D eigenvalue weighted by Gasteiger charge is 2.23. The van der Waals surface area contributed by atoms with E-state index in [2.05, 4.69) is 20.5 Å². The van der Waals surface area contributed by atoms with E-state index >= 15 is 0 Å². The van der Waals surface area contributed by atoms with E-state index in [9.17, 15) is 14.0 Å². The molecule has 0 aliphatic carbocycles. The predicted octanol–water partition coefficient (Wildman–Crippen LogP) is 3.55. The van der Waals surface area contributed by atoms with Gasteiger partial charge in [0.1, 0.15) is 5.82 Å². The average Bonchev–Trinajstić information content (AvgIpc) is 3.12. The Kier molecular flexibility index (Phi) is 5.29. The maximum atomic E-state index is 13.4. The lowest BCUT2D eigenvalue weighted by molar-refractivity contribution is -0.117. The van der Waals surface area contributed by atoms with Gasteiger partial charge >= 0.3 is 0 Å². The van der Waals surface area contributed by atoms with Gasteiger partial charge in [0.25, 0.3) is 5.91 Å². The molecule has 0 spiro atoms. The third-order valence-electron chi connectivity index (χ3n) is 4.85. The summed E-state index contributed by atoms with van der Waals surface area (Å²) in [4.78, 5) is 28.7. The third kappa shape index (κ3) is 4.45. The minimum atomic E-state index is -0.572. The van der Waals surface area contributed by atoms with Crippen molar-refractivity contribution in [1.29, 1.82) is 0 Å². The van der Waals surface area contributed by atoms with Crippen LogP contribution in [0.2, 0.25) is 0 Å². The van der Waals surface area contributed by atoms with Gasteiger partial charge in [-0.1, -0.05) is 36.4 Å². The molecule has 0 fully saturated rings. The highest BCUT2D eigenvalue weighted by Crippen LogP contribution is 2.25. The number of anilines is 1. The van der Waals surface area contributed by atoms with Crippen molar-refractivity contribution in [2.45, 2.75) is 19.3 Å². The summed E-state index contributed by atoms with van der Waals surface area (Å²) in [7, 11) is 0. The summed E-state index contributed by atoms with van der Waals surface area (Å²) in [5.74, 6) is -1.80. The first-order valence-electron chi connectivity index (χ1n) is 9.34. The standard InChI is InChI=1S/C22H19FN4O2/c23-17-9-8-15-6-7-16(21(28)25-19(15)11-17)13-24-22(29)20-12-18(26-27-20)10-14-4-2-1-3-5-14/h1-5,8-9,11-13,16H,6-7,10H2,(H,25,28)(H,26,27). The fraction of sp³-hybridized carbons (Fsp3) is 0.182.